The van der Waals surface area contributed by atoms with Gasteiger partial charge in [-0.15, -0.1) is 0 Å². The van der Waals surface area contributed by atoms with Gasteiger partial charge in [0.1, 0.15) is 6.61 Å². The minimum absolute atomic E-state index is 0.127. The van der Waals surface area contributed by atoms with Crippen LogP contribution in [0.1, 0.15) is 28.2 Å². The molecule has 1 aliphatic heterocycles. The Balaban J connectivity index is 1.53. The van der Waals surface area contributed by atoms with Crippen LogP contribution in [0.3, 0.4) is 0 Å². The van der Waals surface area contributed by atoms with E-state index in [1.807, 2.05) is 36.4 Å². The number of aliphatic hydroxyl groups is 1. The van der Waals surface area contributed by atoms with E-state index in [2.05, 4.69) is 65.3 Å². The molecule has 1 heterocycles. The number of hydrogen-bond donors (Lipinski definition) is 2. The van der Waals surface area contributed by atoms with E-state index in [1.54, 1.807) is 0 Å². The molecule has 2 N–H and O–H groups in total. The molecule has 5 nitrogen and oxygen atoms in total. The van der Waals surface area contributed by atoms with Crippen molar-refractivity contribution in [3.05, 3.63) is 120 Å². The lowest BCUT2D eigenvalue weighted by Crippen LogP contribution is -2.50. The van der Waals surface area contributed by atoms with E-state index >= 15 is 0 Å². The highest BCUT2D eigenvalue weighted by molar-refractivity contribution is 5.67. The van der Waals surface area contributed by atoms with Crippen molar-refractivity contribution >= 4 is 6.09 Å². The maximum atomic E-state index is 12.3. The number of fused-ring (bicyclic) bond motifs is 1. The van der Waals surface area contributed by atoms with Crippen LogP contribution in [0.25, 0.3) is 0 Å². The first-order valence-corrected chi connectivity index (χ1v) is 12.2. The molecule has 35 heavy (non-hydrogen) atoms. The number of benzene rings is 3. The molecule has 0 unspecified atom stereocenters. The largest absolute Gasteiger partial charge is 0.445 e. The van der Waals surface area contributed by atoms with E-state index < -0.39 is 18.2 Å². The molecule has 182 valence electrons. The fourth-order valence-corrected chi connectivity index (χ4v) is 4.82. The van der Waals surface area contributed by atoms with Crippen molar-refractivity contribution in [2.75, 3.05) is 19.7 Å². The summed E-state index contributed by atoms with van der Waals surface area (Å²) in [5.41, 5.74) is 4.99. The van der Waals surface area contributed by atoms with Gasteiger partial charge in [0.15, 0.2) is 0 Å². The lowest BCUT2D eigenvalue weighted by atomic mass is 9.91. The number of hydrogen-bond acceptors (Lipinski definition) is 4. The summed E-state index contributed by atoms with van der Waals surface area (Å²) in [6.45, 7) is 5.75. The van der Waals surface area contributed by atoms with E-state index in [9.17, 15) is 9.90 Å². The van der Waals surface area contributed by atoms with Crippen molar-refractivity contribution in [2.24, 2.45) is 0 Å². The molecule has 0 spiro atoms. The van der Waals surface area contributed by atoms with Crippen LogP contribution < -0.4 is 5.32 Å². The number of aliphatic hydroxyl groups excluding tert-OH is 1. The highest BCUT2D eigenvalue weighted by Crippen LogP contribution is 2.29. The van der Waals surface area contributed by atoms with Crippen molar-refractivity contribution in [3.63, 3.8) is 0 Å². The van der Waals surface area contributed by atoms with Crippen molar-refractivity contribution in [1.82, 2.24) is 10.2 Å². The van der Waals surface area contributed by atoms with Crippen LogP contribution in [-0.4, -0.2) is 47.9 Å². The van der Waals surface area contributed by atoms with E-state index in [-0.39, 0.29) is 6.61 Å². The third kappa shape index (κ3) is 7.04. The Bertz CT molecular complexity index is 1090. The van der Waals surface area contributed by atoms with Gasteiger partial charge in [-0.3, -0.25) is 4.90 Å². The van der Waals surface area contributed by atoms with Crippen molar-refractivity contribution in [1.29, 1.82) is 0 Å². The standard InChI is InChI=1S/C30H34N2O3/c1-2-17-35-30(34)31-28(18-23-11-5-3-6-12-23)29(33)22-32-20-26-16-10-9-15-25(26)19-27(21-32)24-13-7-4-8-14-24/h2-16,27-29,33H,1,17-22H2,(H,31,34)/t27-,28+,29-/m1/s1. The number of β-amino-alcohol motifs (C(OH)–C–C–N with tert-alkyl or cyclic N) is 1. The molecule has 0 saturated heterocycles. The molecule has 0 radical (unpaired) electrons. The quantitative estimate of drug-likeness (QED) is 0.445. The molecule has 0 fully saturated rings. The van der Waals surface area contributed by atoms with Crippen LogP contribution >= 0.6 is 0 Å². The maximum absolute atomic E-state index is 12.3. The smallest absolute Gasteiger partial charge is 0.407 e. The zero-order chi connectivity index (χ0) is 24.5. The van der Waals surface area contributed by atoms with Crippen molar-refractivity contribution < 1.29 is 14.6 Å². The van der Waals surface area contributed by atoms with Gasteiger partial charge in [-0.1, -0.05) is 97.6 Å². The lowest BCUT2D eigenvalue weighted by Gasteiger charge is -2.31. The predicted octanol–water partition coefficient (Wildman–Crippen LogP) is 4.71. The highest BCUT2D eigenvalue weighted by atomic mass is 16.5. The summed E-state index contributed by atoms with van der Waals surface area (Å²) in [6.07, 6.45) is 1.69. The molecule has 1 aliphatic rings. The topological polar surface area (TPSA) is 61.8 Å². The number of ether oxygens (including phenoxy) is 1. The average molecular weight is 471 g/mol. The molecular weight excluding hydrogens is 436 g/mol. The van der Waals surface area contributed by atoms with Gasteiger partial charge in [0, 0.05) is 25.6 Å². The third-order valence-corrected chi connectivity index (χ3v) is 6.57. The van der Waals surface area contributed by atoms with E-state index in [0.717, 1.165) is 25.1 Å². The first kappa shape index (κ1) is 24.7. The average Bonchev–Trinajstić information content (AvgIpc) is 3.07. The fourth-order valence-electron chi connectivity index (χ4n) is 4.82. The van der Waals surface area contributed by atoms with Gasteiger partial charge in [-0.25, -0.2) is 4.79 Å². The summed E-state index contributed by atoms with van der Waals surface area (Å²) in [5.74, 6) is 0.324. The van der Waals surface area contributed by atoms with Gasteiger partial charge in [0.2, 0.25) is 0 Å². The molecule has 3 atom stereocenters. The van der Waals surface area contributed by atoms with Gasteiger partial charge in [-0.2, -0.15) is 0 Å². The number of alkyl carbamates (subject to hydrolysis) is 1. The zero-order valence-electron chi connectivity index (χ0n) is 20.1. The van der Waals surface area contributed by atoms with Crippen molar-refractivity contribution in [3.8, 4) is 0 Å². The van der Waals surface area contributed by atoms with E-state index in [0.29, 0.717) is 18.9 Å². The monoisotopic (exact) mass is 470 g/mol. The van der Waals surface area contributed by atoms with Gasteiger partial charge in [-0.05, 0) is 35.1 Å². The third-order valence-electron chi connectivity index (χ3n) is 6.57. The molecule has 4 rings (SSSR count). The minimum atomic E-state index is -0.770. The number of nitrogens with one attached hydrogen (secondary N) is 1. The Morgan fingerprint density at radius 3 is 2.40 bits per heavy atom. The van der Waals surface area contributed by atoms with Crippen LogP contribution in [0, 0.1) is 0 Å². The Hall–Kier alpha value is -3.41. The summed E-state index contributed by atoms with van der Waals surface area (Å²) < 4.78 is 5.15. The van der Waals surface area contributed by atoms with Crippen LogP contribution in [-0.2, 0) is 24.1 Å². The van der Waals surface area contributed by atoms with Gasteiger partial charge < -0.3 is 15.2 Å². The summed E-state index contributed by atoms with van der Waals surface area (Å²) in [4.78, 5) is 14.7. The fraction of sp³-hybridized carbons (Fsp3) is 0.300. The molecule has 5 heteroatoms. The second-order valence-corrected chi connectivity index (χ2v) is 9.17. The molecule has 1 amide bonds. The van der Waals surface area contributed by atoms with Gasteiger partial charge >= 0.3 is 6.09 Å². The highest BCUT2D eigenvalue weighted by Gasteiger charge is 2.28. The first-order chi connectivity index (χ1) is 17.1. The SMILES string of the molecule is C=CCOC(=O)N[C@@H](Cc1ccccc1)[C@H](O)CN1Cc2ccccc2C[C@@H](c2ccccc2)C1. The van der Waals surface area contributed by atoms with Crippen LogP contribution in [0.5, 0.6) is 0 Å². The Kier molecular flexibility index (Phi) is 8.71. The summed E-state index contributed by atoms with van der Waals surface area (Å²) in [7, 11) is 0. The summed E-state index contributed by atoms with van der Waals surface area (Å²) >= 11 is 0. The predicted molar refractivity (Wildman–Crippen MR) is 139 cm³/mol. The van der Waals surface area contributed by atoms with Crippen LogP contribution in [0.4, 0.5) is 4.79 Å². The second kappa shape index (κ2) is 12.3. The molecule has 0 aromatic heterocycles. The Morgan fingerprint density at radius 1 is 1.03 bits per heavy atom. The van der Waals surface area contributed by atoms with Crippen LogP contribution in [0.15, 0.2) is 97.6 Å². The lowest BCUT2D eigenvalue weighted by molar-refractivity contribution is 0.0698. The van der Waals surface area contributed by atoms with Gasteiger partial charge in [0.25, 0.3) is 0 Å². The van der Waals surface area contributed by atoms with E-state index in [4.69, 9.17) is 4.74 Å². The Morgan fingerprint density at radius 2 is 1.69 bits per heavy atom. The number of carbonyl (C=O) groups excluding carboxylic acids is 1. The summed E-state index contributed by atoms with van der Waals surface area (Å²) in [5, 5.41) is 14.2. The number of nitrogens with zero attached hydrogens (tertiary/aromatic N) is 1. The molecular formula is C30H34N2O3. The number of amides is 1. The molecule has 0 aliphatic carbocycles. The van der Waals surface area contributed by atoms with Crippen molar-refractivity contribution in [2.45, 2.75) is 37.5 Å². The molecule has 0 saturated carbocycles. The Labute approximate surface area is 208 Å². The summed E-state index contributed by atoms with van der Waals surface area (Å²) in [6, 6.07) is 28.5. The van der Waals surface area contributed by atoms with Gasteiger partial charge in [0.05, 0.1) is 12.1 Å². The molecule has 3 aromatic rings. The number of rotatable bonds is 9. The van der Waals surface area contributed by atoms with E-state index in [1.165, 1.54) is 22.8 Å². The normalized spacial score (nSPS) is 17.5. The molecule has 0 bridgehead atoms. The minimum Gasteiger partial charge on any atom is -0.445 e. The first-order valence-electron chi connectivity index (χ1n) is 12.2. The number of carbonyl (C=O) groups is 1. The zero-order valence-corrected chi connectivity index (χ0v) is 20.1. The maximum Gasteiger partial charge on any atom is 0.407 e. The second-order valence-electron chi connectivity index (χ2n) is 9.17. The van der Waals surface area contributed by atoms with Crippen LogP contribution in [0.2, 0.25) is 0 Å². The molecule has 3 aromatic carbocycles.